The lowest BCUT2D eigenvalue weighted by molar-refractivity contribution is -0.138. The number of anilines is 1. The van der Waals surface area contributed by atoms with E-state index in [1.807, 2.05) is 0 Å². The van der Waals surface area contributed by atoms with Crippen LogP contribution in [0.3, 0.4) is 0 Å². The number of hydrogen-bond acceptors (Lipinski definition) is 6. The van der Waals surface area contributed by atoms with Gasteiger partial charge >= 0.3 is 5.97 Å². The SMILES string of the molecule is CCC(C(=O)O)c1cnc(NS(=O)(=O)c2ccc(OC)cc2)s1. The normalized spacial score (nSPS) is 12.6. The second-order valence-electron chi connectivity index (χ2n) is 4.65. The molecule has 0 radical (unpaired) electrons. The monoisotopic (exact) mass is 356 g/mol. The molecule has 0 aliphatic carbocycles. The Hall–Kier alpha value is -2.13. The molecule has 0 saturated carbocycles. The fraction of sp³-hybridized carbons (Fsp3) is 0.286. The maximum atomic E-state index is 12.3. The Labute approximate surface area is 138 Å². The zero-order valence-electron chi connectivity index (χ0n) is 12.5. The van der Waals surface area contributed by atoms with Gasteiger partial charge in [0.15, 0.2) is 5.13 Å². The molecule has 23 heavy (non-hydrogen) atoms. The molecule has 7 nitrogen and oxygen atoms in total. The van der Waals surface area contributed by atoms with Crippen molar-refractivity contribution in [1.29, 1.82) is 0 Å². The van der Waals surface area contributed by atoms with Gasteiger partial charge in [0.25, 0.3) is 10.0 Å². The van der Waals surface area contributed by atoms with Crippen LogP contribution in [-0.4, -0.2) is 31.6 Å². The predicted molar refractivity (Wildman–Crippen MR) is 86.6 cm³/mol. The third-order valence-corrected chi connectivity index (χ3v) is 5.68. The lowest BCUT2D eigenvalue weighted by atomic mass is 10.1. The van der Waals surface area contributed by atoms with E-state index in [1.54, 1.807) is 19.1 Å². The van der Waals surface area contributed by atoms with Gasteiger partial charge in [-0.25, -0.2) is 13.4 Å². The lowest BCUT2D eigenvalue weighted by Crippen LogP contribution is -2.12. The lowest BCUT2D eigenvalue weighted by Gasteiger charge is -2.07. The van der Waals surface area contributed by atoms with Crippen molar-refractivity contribution in [3.8, 4) is 5.75 Å². The van der Waals surface area contributed by atoms with Crippen LogP contribution in [0.5, 0.6) is 5.75 Å². The van der Waals surface area contributed by atoms with Gasteiger partial charge in [-0.05, 0) is 30.7 Å². The van der Waals surface area contributed by atoms with E-state index in [0.717, 1.165) is 11.3 Å². The predicted octanol–water partition coefficient (Wildman–Crippen LogP) is 2.53. The zero-order chi connectivity index (χ0) is 17.0. The number of benzene rings is 1. The number of carboxylic acid groups (broad SMARTS) is 1. The topological polar surface area (TPSA) is 106 Å². The van der Waals surface area contributed by atoms with Crippen molar-refractivity contribution in [3.63, 3.8) is 0 Å². The summed E-state index contributed by atoms with van der Waals surface area (Å²) in [6.07, 6.45) is 1.79. The molecule has 1 atom stereocenters. The number of rotatable bonds is 7. The van der Waals surface area contributed by atoms with Gasteiger partial charge < -0.3 is 9.84 Å². The summed E-state index contributed by atoms with van der Waals surface area (Å²) < 4.78 is 31.9. The first-order valence-electron chi connectivity index (χ1n) is 6.72. The highest BCUT2D eigenvalue weighted by molar-refractivity contribution is 7.93. The van der Waals surface area contributed by atoms with Crippen LogP contribution in [0.2, 0.25) is 0 Å². The second-order valence-corrected chi connectivity index (χ2v) is 7.39. The third-order valence-electron chi connectivity index (χ3n) is 3.16. The molecule has 0 aliphatic rings. The quantitative estimate of drug-likeness (QED) is 0.790. The van der Waals surface area contributed by atoms with Crippen LogP contribution in [0.15, 0.2) is 35.4 Å². The first-order valence-corrected chi connectivity index (χ1v) is 9.02. The maximum absolute atomic E-state index is 12.3. The standard InChI is InChI=1S/C14H16N2O5S2/c1-3-11(13(17)18)12-8-15-14(22-12)16-23(19,20)10-6-4-9(21-2)5-7-10/h4-8,11H,3H2,1-2H3,(H,15,16)(H,17,18). The van der Waals surface area contributed by atoms with E-state index in [1.165, 1.54) is 25.4 Å². The van der Waals surface area contributed by atoms with Gasteiger partial charge in [-0.3, -0.25) is 9.52 Å². The number of hydrogen-bond donors (Lipinski definition) is 2. The second kappa shape index (κ2) is 6.97. The minimum atomic E-state index is -3.78. The highest BCUT2D eigenvalue weighted by atomic mass is 32.2. The number of thiazole rings is 1. The molecule has 9 heteroatoms. The maximum Gasteiger partial charge on any atom is 0.311 e. The molecule has 0 aliphatic heterocycles. The minimum absolute atomic E-state index is 0.0697. The van der Waals surface area contributed by atoms with Gasteiger partial charge in [0.05, 0.1) is 17.9 Å². The molecule has 0 amide bonds. The van der Waals surface area contributed by atoms with E-state index < -0.39 is 21.9 Å². The molecule has 124 valence electrons. The molecular formula is C14H16N2O5S2. The van der Waals surface area contributed by atoms with Crippen LogP contribution in [-0.2, 0) is 14.8 Å². The van der Waals surface area contributed by atoms with E-state index in [4.69, 9.17) is 9.84 Å². The number of nitrogens with zero attached hydrogens (tertiary/aromatic N) is 1. The van der Waals surface area contributed by atoms with Crippen molar-refractivity contribution >= 4 is 32.5 Å². The first kappa shape index (κ1) is 17.2. The Bertz CT molecular complexity index is 784. The minimum Gasteiger partial charge on any atom is -0.497 e. The summed E-state index contributed by atoms with van der Waals surface area (Å²) in [5.41, 5.74) is 0. The van der Waals surface area contributed by atoms with Crippen LogP contribution in [0.25, 0.3) is 0 Å². The van der Waals surface area contributed by atoms with Crippen molar-refractivity contribution in [3.05, 3.63) is 35.3 Å². The summed E-state index contributed by atoms with van der Waals surface area (Å²) in [5.74, 6) is -1.10. The molecule has 1 aromatic heterocycles. The van der Waals surface area contributed by atoms with E-state index in [2.05, 4.69) is 9.71 Å². The van der Waals surface area contributed by atoms with Gasteiger partial charge in [-0.1, -0.05) is 6.92 Å². The van der Waals surface area contributed by atoms with Crippen LogP contribution in [0, 0.1) is 0 Å². The molecule has 0 spiro atoms. The number of aromatic nitrogens is 1. The molecule has 0 bridgehead atoms. The van der Waals surface area contributed by atoms with E-state index >= 15 is 0 Å². The van der Waals surface area contributed by atoms with Crippen molar-refractivity contribution < 1.29 is 23.1 Å². The number of aliphatic carboxylic acids is 1. The number of sulfonamides is 1. The van der Waals surface area contributed by atoms with E-state index in [-0.39, 0.29) is 10.0 Å². The fourth-order valence-corrected chi connectivity index (χ4v) is 4.16. The van der Waals surface area contributed by atoms with E-state index in [0.29, 0.717) is 17.0 Å². The smallest absolute Gasteiger partial charge is 0.311 e. The van der Waals surface area contributed by atoms with Crippen molar-refractivity contribution in [2.75, 3.05) is 11.8 Å². The summed E-state index contributed by atoms with van der Waals surface area (Å²) in [4.78, 5) is 15.7. The number of nitrogens with one attached hydrogen (secondary N) is 1. The molecule has 2 rings (SSSR count). The number of methoxy groups -OCH3 is 1. The highest BCUT2D eigenvalue weighted by Gasteiger charge is 2.22. The number of carbonyl (C=O) groups is 1. The summed E-state index contributed by atoms with van der Waals surface area (Å²) in [6, 6.07) is 5.92. The van der Waals surface area contributed by atoms with Crippen molar-refractivity contribution in [1.82, 2.24) is 4.98 Å². The molecule has 1 aromatic carbocycles. The largest absolute Gasteiger partial charge is 0.497 e. The highest BCUT2D eigenvalue weighted by Crippen LogP contribution is 2.29. The Balaban J connectivity index is 2.20. The Morgan fingerprint density at radius 2 is 2.04 bits per heavy atom. The molecule has 0 fully saturated rings. The van der Waals surface area contributed by atoms with Crippen LogP contribution in [0.4, 0.5) is 5.13 Å². The zero-order valence-corrected chi connectivity index (χ0v) is 14.1. The molecule has 0 saturated heterocycles. The molecule has 2 N–H and O–H groups in total. The first-order chi connectivity index (χ1) is 10.9. The van der Waals surface area contributed by atoms with Crippen LogP contribution < -0.4 is 9.46 Å². The van der Waals surface area contributed by atoms with Crippen molar-refractivity contribution in [2.45, 2.75) is 24.2 Å². The Kier molecular flexibility index (Phi) is 5.22. The Morgan fingerprint density at radius 3 is 2.57 bits per heavy atom. The summed E-state index contributed by atoms with van der Waals surface area (Å²) >= 11 is 1.02. The number of carboxylic acids is 1. The van der Waals surface area contributed by atoms with E-state index in [9.17, 15) is 13.2 Å². The van der Waals surface area contributed by atoms with Gasteiger partial charge in [0.1, 0.15) is 5.75 Å². The van der Waals surface area contributed by atoms with Gasteiger partial charge in [0, 0.05) is 11.1 Å². The molecule has 1 heterocycles. The molecule has 1 unspecified atom stereocenters. The van der Waals surface area contributed by atoms with Gasteiger partial charge in [-0.2, -0.15) is 0 Å². The van der Waals surface area contributed by atoms with Crippen molar-refractivity contribution in [2.24, 2.45) is 0 Å². The summed E-state index contributed by atoms with van der Waals surface area (Å²) in [7, 11) is -2.29. The van der Waals surface area contributed by atoms with Gasteiger partial charge in [0.2, 0.25) is 0 Å². The van der Waals surface area contributed by atoms with Gasteiger partial charge in [-0.15, -0.1) is 11.3 Å². The van der Waals surface area contributed by atoms with Crippen LogP contribution >= 0.6 is 11.3 Å². The summed E-state index contributed by atoms with van der Waals surface area (Å²) in [5, 5.41) is 9.26. The molecular weight excluding hydrogens is 340 g/mol. The third kappa shape index (κ3) is 3.99. The number of ether oxygens (including phenoxy) is 1. The Morgan fingerprint density at radius 1 is 1.39 bits per heavy atom. The average molecular weight is 356 g/mol. The molecule has 2 aromatic rings. The van der Waals surface area contributed by atoms with Crippen LogP contribution in [0.1, 0.15) is 24.1 Å². The fourth-order valence-electron chi connectivity index (χ4n) is 1.92. The summed E-state index contributed by atoms with van der Waals surface area (Å²) in [6.45, 7) is 1.75. The average Bonchev–Trinajstić information content (AvgIpc) is 2.95.